The fourth-order valence-electron chi connectivity index (χ4n) is 3.20. The molecule has 1 aliphatic heterocycles. The maximum absolute atomic E-state index is 11.1. The summed E-state index contributed by atoms with van der Waals surface area (Å²) in [5, 5.41) is 12.2. The van der Waals surface area contributed by atoms with Crippen LogP contribution in [0.3, 0.4) is 0 Å². The third-order valence-electron chi connectivity index (χ3n) is 5.31. The summed E-state index contributed by atoms with van der Waals surface area (Å²) in [6.45, 7) is 11.5. The highest BCUT2D eigenvalue weighted by atomic mass is 32.2. The highest BCUT2D eigenvalue weighted by molar-refractivity contribution is 8.14. The number of hydrogen-bond donors (Lipinski definition) is 0. The minimum atomic E-state index is -0.323. The zero-order chi connectivity index (χ0) is 18.6. The number of nitro benzene ring substituents is 1. The van der Waals surface area contributed by atoms with Crippen molar-refractivity contribution >= 4 is 28.3 Å². The van der Waals surface area contributed by atoms with E-state index >= 15 is 0 Å². The molecule has 2 rings (SSSR count). The van der Waals surface area contributed by atoms with Crippen LogP contribution in [0.2, 0.25) is 0 Å². The minimum Gasteiger partial charge on any atom is -0.347 e. The summed E-state index contributed by atoms with van der Waals surface area (Å²) in [5.41, 5.74) is 2.61. The van der Waals surface area contributed by atoms with E-state index in [1.165, 1.54) is 12.8 Å². The molecule has 138 valence electrons. The Morgan fingerprint density at radius 3 is 2.52 bits per heavy atom. The molecule has 25 heavy (non-hydrogen) atoms. The van der Waals surface area contributed by atoms with Crippen LogP contribution in [0.1, 0.15) is 51.2 Å². The first-order valence-electron chi connectivity index (χ1n) is 9.15. The maximum Gasteiger partial charge on any atom is 0.272 e. The molecular formula is C19H29N3O2S. The fourth-order valence-corrected chi connectivity index (χ4v) is 4.51. The van der Waals surface area contributed by atoms with Gasteiger partial charge in [-0.15, -0.1) is 0 Å². The third-order valence-corrected chi connectivity index (χ3v) is 6.45. The fraction of sp³-hybridized carbons (Fsp3) is 0.632. The first kappa shape index (κ1) is 19.8. The van der Waals surface area contributed by atoms with Crippen molar-refractivity contribution in [1.29, 1.82) is 0 Å². The standard InChI is InChI=1S/C19H29N3O2S/c1-6-15(7-2)11-21-16(8-3)12-25-19(21)20-17-9-10-18(22(23)24)14(5)13(17)4/h9-10,15-16H,6-8,11-12H2,1-5H3. The summed E-state index contributed by atoms with van der Waals surface area (Å²) >= 11 is 1.81. The molecule has 1 aliphatic rings. The van der Waals surface area contributed by atoms with Crippen molar-refractivity contribution in [2.45, 2.75) is 59.9 Å². The first-order chi connectivity index (χ1) is 11.9. The van der Waals surface area contributed by atoms with Crippen LogP contribution in [-0.4, -0.2) is 33.3 Å². The Kier molecular flexibility index (Phi) is 6.87. The van der Waals surface area contributed by atoms with Crippen molar-refractivity contribution in [3.63, 3.8) is 0 Å². The zero-order valence-electron chi connectivity index (χ0n) is 15.9. The second-order valence-corrected chi connectivity index (χ2v) is 7.70. The van der Waals surface area contributed by atoms with Crippen molar-refractivity contribution in [2.75, 3.05) is 12.3 Å². The zero-order valence-corrected chi connectivity index (χ0v) is 16.7. The molecule has 1 saturated heterocycles. The minimum absolute atomic E-state index is 0.167. The number of aliphatic imine (C=N–C) groups is 1. The quantitative estimate of drug-likeness (QED) is 0.476. The number of rotatable bonds is 7. The van der Waals surface area contributed by atoms with Crippen LogP contribution in [0, 0.1) is 29.9 Å². The van der Waals surface area contributed by atoms with E-state index in [2.05, 4.69) is 25.7 Å². The van der Waals surface area contributed by atoms with E-state index in [9.17, 15) is 10.1 Å². The number of nitrogens with zero attached hydrogens (tertiary/aromatic N) is 3. The number of thioether (sulfide) groups is 1. The largest absolute Gasteiger partial charge is 0.347 e. The molecule has 1 heterocycles. The lowest BCUT2D eigenvalue weighted by molar-refractivity contribution is -0.385. The van der Waals surface area contributed by atoms with E-state index < -0.39 is 0 Å². The van der Waals surface area contributed by atoms with Crippen molar-refractivity contribution in [3.05, 3.63) is 33.4 Å². The van der Waals surface area contributed by atoms with Crippen LogP contribution >= 0.6 is 11.8 Å². The van der Waals surface area contributed by atoms with Crippen molar-refractivity contribution in [1.82, 2.24) is 4.90 Å². The van der Waals surface area contributed by atoms with Crippen LogP contribution in [0.15, 0.2) is 17.1 Å². The molecule has 0 amide bonds. The normalized spacial score (nSPS) is 19.2. The second kappa shape index (κ2) is 8.70. The molecule has 5 nitrogen and oxygen atoms in total. The molecule has 0 radical (unpaired) electrons. The highest BCUT2D eigenvalue weighted by Gasteiger charge is 2.30. The summed E-state index contributed by atoms with van der Waals surface area (Å²) in [7, 11) is 0. The Morgan fingerprint density at radius 1 is 1.28 bits per heavy atom. The van der Waals surface area contributed by atoms with Gasteiger partial charge in [0, 0.05) is 30.0 Å². The molecule has 6 heteroatoms. The molecule has 0 spiro atoms. The van der Waals surface area contributed by atoms with Crippen LogP contribution in [-0.2, 0) is 0 Å². The molecule has 0 saturated carbocycles. The number of hydrogen-bond acceptors (Lipinski definition) is 4. The predicted molar refractivity (Wildman–Crippen MR) is 107 cm³/mol. The number of benzene rings is 1. The summed E-state index contributed by atoms with van der Waals surface area (Å²) < 4.78 is 0. The Hall–Kier alpha value is -1.56. The van der Waals surface area contributed by atoms with Gasteiger partial charge in [-0.25, -0.2) is 4.99 Å². The smallest absolute Gasteiger partial charge is 0.272 e. The molecule has 1 atom stereocenters. The molecule has 1 fully saturated rings. The Balaban J connectivity index is 2.34. The van der Waals surface area contributed by atoms with E-state index in [4.69, 9.17) is 4.99 Å². The van der Waals surface area contributed by atoms with Crippen LogP contribution < -0.4 is 0 Å². The van der Waals surface area contributed by atoms with Crippen LogP contribution in [0.4, 0.5) is 11.4 Å². The molecule has 0 aromatic heterocycles. The van der Waals surface area contributed by atoms with Crippen molar-refractivity contribution < 1.29 is 4.92 Å². The molecule has 1 unspecified atom stereocenters. The van der Waals surface area contributed by atoms with Gasteiger partial charge in [0.15, 0.2) is 5.17 Å². The first-order valence-corrected chi connectivity index (χ1v) is 10.1. The van der Waals surface area contributed by atoms with E-state index in [0.29, 0.717) is 17.5 Å². The molecule has 0 N–H and O–H groups in total. The Bertz CT molecular complexity index is 656. The van der Waals surface area contributed by atoms with Gasteiger partial charge in [-0.3, -0.25) is 10.1 Å². The van der Waals surface area contributed by atoms with Gasteiger partial charge in [-0.2, -0.15) is 0 Å². The van der Waals surface area contributed by atoms with E-state index in [-0.39, 0.29) is 10.6 Å². The average Bonchev–Trinajstić information content (AvgIpc) is 2.98. The Morgan fingerprint density at radius 2 is 1.96 bits per heavy atom. The molecule has 0 bridgehead atoms. The summed E-state index contributed by atoms with van der Waals surface area (Å²) in [5.74, 6) is 1.75. The van der Waals surface area contributed by atoms with E-state index in [1.54, 1.807) is 19.1 Å². The topological polar surface area (TPSA) is 58.7 Å². The molecule has 0 aliphatic carbocycles. The lowest BCUT2D eigenvalue weighted by Crippen LogP contribution is -2.37. The Labute approximate surface area is 155 Å². The van der Waals surface area contributed by atoms with Gasteiger partial charge in [0.05, 0.1) is 10.6 Å². The molecule has 1 aromatic carbocycles. The van der Waals surface area contributed by atoms with Gasteiger partial charge >= 0.3 is 0 Å². The summed E-state index contributed by atoms with van der Waals surface area (Å²) in [6.07, 6.45) is 3.47. The third kappa shape index (κ3) is 4.35. The molecule has 1 aromatic rings. The van der Waals surface area contributed by atoms with Gasteiger partial charge < -0.3 is 4.90 Å². The van der Waals surface area contributed by atoms with Gasteiger partial charge in [-0.05, 0) is 37.8 Å². The SMILES string of the molecule is CCC(CC)CN1C(=Nc2ccc([N+](=O)[O-])c(C)c2C)SCC1CC. The van der Waals surface area contributed by atoms with Gasteiger partial charge in [0.1, 0.15) is 0 Å². The monoisotopic (exact) mass is 363 g/mol. The summed E-state index contributed by atoms with van der Waals surface area (Å²) in [4.78, 5) is 18.1. The van der Waals surface area contributed by atoms with Crippen molar-refractivity contribution in [2.24, 2.45) is 10.9 Å². The second-order valence-electron chi connectivity index (χ2n) is 6.71. The van der Waals surface area contributed by atoms with Gasteiger partial charge in [0.25, 0.3) is 5.69 Å². The summed E-state index contributed by atoms with van der Waals surface area (Å²) in [6, 6.07) is 3.88. The molecular weight excluding hydrogens is 334 g/mol. The lowest BCUT2D eigenvalue weighted by Gasteiger charge is -2.29. The maximum atomic E-state index is 11.1. The van der Waals surface area contributed by atoms with Gasteiger partial charge in [0.2, 0.25) is 0 Å². The van der Waals surface area contributed by atoms with Crippen molar-refractivity contribution in [3.8, 4) is 0 Å². The number of nitro groups is 1. The van der Waals surface area contributed by atoms with Crippen LogP contribution in [0.25, 0.3) is 0 Å². The van der Waals surface area contributed by atoms with Gasteiger partial charge in [-0.1, -0.05) is 45.4 Å². The highest BCUT2D eigenvalue weighted by Crippen LogP contribution is 2.34. The predicted octanol–water partition coefficient (Wildman–Crippen LogP) is 5.46. The number of amidine groups is 1. The lowest BCUT2D eigenvalue weighted by atomic mass is 10.0. The van der Waals surface area contributed by atoms with Crippen LogP contribution in [0.5, 0.6) is 0 Å². The van der Waals surface area contributed by atoms with E-state index in [1.807, 2.05) is 18.7 Å². The average molecular weight is 364 g/mol. The van der Waals surface area contributed by atoms with E-state index in [0.717, 1.165) is 35.1 Å².